The van der Waals surface area contributed by atoms with E-state index >= 15 is 0 Å². The first-order chi connectivity index (χ1) is 31.2. The van der Waals surface area contributed by atoms with Crippen LogP contribution < -0.4 is 34.5 Å². The van der Waals surface area contributed by atoms with Crippen molar-refractivity contribution in [2.24, 2.45) is 0 Å². The van der Waals surface area contributed by atoms with Gasteiger partial charge < -0.3 is 44.3 Å². The van der Waals surface area contributed by atoms with Crippen molar-refractivity contribution in [1.82, 2.24) is 19.8 Å². The molecule has 4 heterocycles. The summed E-state index contributed by atoms with van der Waals surface area (Å²) in [4.78, 5) is 54.0. The molecule has 2 saturated heterocycles. The van der Waals surface area contributed by atoms with Gasteiger partial charge in [-0.25, -0.2) is 9.97 Å². The van der Waals surface area contributed by atoms with Crippen LogP contribution in [0.5, 0.6) is 23.0 Å². The van der Waals surface area contributed by atoms with Gasteiger partial charge in [-0.15, -0.1) is 0 Å². The van der Waals surface area contributed by atoms with Crippen molar-refractivity contribution in [2.75, 3.05) is 82.1 Å². The highest BCUT2D eigenvalue weighted by molar-refractivity contribution is 6.00. The minimum absolute atomic E-state index is 0.0183. The van der Waals surface area contributed by atoms with Crippen LogP contribution in [0, 0.1) is 10.1 Å². The van der Waals surface area contributed by atoms with E-state index in [0.29, 0.717) is 68.6 Å². The van der Waals surface area contributed by atoms with Crippen molar-refractivity contribution in [2.45, 2.75) is 13.2 Å². The Morgan fingerprint density at radius 1 is 0.578 bits per heavy atom. The van der Waals surface area contributed by atoms with Gasteiger partial charge in [-0.05, 0) is 41.5 Å². The molecule has 2 N–H and O–H groups in total. The molecule has 2 aliphatic heterocycles. The van der Waals surface area contributed by atoms with E-state index < -0.39 is 10.8 Å². The number of pyridine rings is 2. The molecular weight excluding hydrogens is 817 g/mol. The lowest BCUT2D eigenvalue weighted by atomic mass is 10.1. The fourth-order valence-corrected chi connectivity index (χ4v) is 7.35. The van der Waals surface area contributed by atoms with Crippen molar-refractivity contribution in [3.05, 3.63) is 166 Å². The Balaban J connectivity index is 0.000000192. The maximum atomic E-state index is 13.2. The fourth-order valence-electron chi connectivity index (χ4n) is 7.35. The molecule has 16 nitrogen and oxygen atoms in total. The van der Waals surface area contributed by atoms with E-state index in [0.717, 1.165) is 35.9 Å². The lowest BCUT2D eigenvalue weighted by Crippen LogP contribution is -2.49. The van der Waals surface area contributed by atoms with Crippen LogP contribution in [0.2, 0.25) is 0 Å². The quantitative estimate of drug-likeness (QED) is 0.0733. The van der Waals surface area contributed by atoms with Gasteiger partial charge >= 0.3 is 0 Å². The molecule has 0 spiro atoms. The van der Waals surface area contributed by atoms with Crippen LogP contribution in [0.1, 0.15) is 31.8 Å². The normalized spacial score (nSPS) is 13.6. The maximum absolute atomic E-state index is 13.2. The summed E-state index contributed by atoms with van der Waals surface area (Å²) in [6, 6.07) is 36.8. The number of carbonyl (C=O) groups is 2. The van der Waals surface area contributed by atoms with E-state index in [1.165, 1.54) is 19.2 Å². The molecule has 0 aliphatic carbocycles. The molecule has 330 valence electrons. The highest BCUT2D eigenvalue weighted by Gasteiger charge is 2.31. The summed E-state index contributed by atoms with van der Waals surface area (Å²) in [6.45, 7) is 5.29. The molecule has 0 radical (unpaired) electrons. The lowest BCUT2D eigenvalue weighted by molar-refractivity contribution is -0.385. The summed E-state index contributed by atoms with van der Waals surface area (Å²) < 4.78 is 22.5. The number of nitrogens with zero attached hydrogens (tertiary/aromatic N) is 7. The van der Waals surface area contributed by atoms with E-state index in [4.69, 9.17) is 24.7 Å². The van der Waals surface area contributed by atoms with Gasteiger partial charge in [0, 0.05) is 82.6 Å². The Labute approximate surface area is 371 Å². The SMILES string of the molecule is COc1cc(C(=O)N2CCN(c3ccccn3)CC2)c(N)cc1OCc1ccccc1.COc1cc(C(=O)N2CCN(c3ccccn3)CC2)c([N+](=O)[O-])cc1OCc1ccccc1. The maximum Gasteiger partial charge on any atom is 0.286 e. The third kappa shape index (κ3) is 10.9. The zero-order valence-corrected chi connectivity index (χ0v) is 35.7. The molecule has 0 bridgehead atoms. The number of nitro groups is 1. The molecule has 2 aromatic heterocycles. The average molecular weight is 867 g/mol. The van der Waals surface area contributed by atoms with Gasteiger partial charge in [0.2, 0.25) is 0 Å². The molecule has 2 aliphatic rings. The number of hydrogen-bond acceptors (Lipinski definition) is 13. The number of nitro benzene ring substituents is 1. The van der Waals surface area contributed by atoms with E-state index in [9.17, 15) is 19.7 Å². The molecule has 0 atom stereocenters. The number of nitrogens with two attached hydrogens (primary N) is 1. The second-order valence-electron chi connectivity index (χ2n) is 14.9. The van der Waals surface area contributed by atoms with Crippen LogP contribution >= 0.6 is 0 Å². The monoisotopic (exact) mass is 866 g/mol. The summed E-state index contributed by atoms with van der Waals surface area (Å²) in [5, 5.41) is 11.8. The number of rotatable bonds is 13. The Bertz CT molecular complexity index is 2490. The summed E-state index contributed by atoms with van der Waals surface area (Å²) in [7, 11) is 3.00. The number of piperazine rings is 2. The van der Waals surface area contributed by atoms with Crippen LogP contribution in [0.4, 0.5) is 23.0 Å². The van der Waals surface area contributed by atoms with Gasteiger partial charge in [-0.3, -0.25) is 19.7 Å². The van der Waals surface area contributed by atoms with Gasteiger partial charge in [-0.1, -0.05) is 72.8 Å². The molecule has 6 aromatic rings. The van der Waals surface area contributed by atoms with E-state index in [1.54, 1.807) is 36.5 Å². The smallest absolute Gasteiger partial charge is 0.286 e. The molecule has 8 rings (SSSR count). The number of carbonyl (C=O) groups excluding carboxylic acids is 2. The number of benzene rings is 4. The number of anilines is 3. The highest BCUT2D eigenvalue weighted by atomic mass is 16.6. The molecule has 2 fully saturated rings. The Morgan fingerprint density at radius 3 is 1.42 bits per heavy atom. The molecular formula is C48H50N8O8. The van der Waals surface area contributed by atoms with Crippen LogP contribution in [0.15, 0.2) is 134 Å². The molecule has 0 unspecified atom stereocenters. The van der Waals surface area contributed by atoms with Crippen LogP contribution in [-0.4, -0.2) is 103 Å². The molecule has 2 amide bonds. The van der Waals surface area contributed by atoms with E-state index in [-0.39, 0.29) is 35.3 Å². The minimum Gasteiger partial charge on any atom is -0.493 e. The Morgan fingerprint density at radius 2 is 1.00 bits per heavy atom. The predicted molar refractivity (Wildman–Crippen MR) is 243 cm³/mol. The van der Waals surface area contributed by atoms with Gasteiger partial charge in [0.1, 0.15) is 30.4 Å². The minimum atomic E-state index is -0.563. The average Bonchev–Trinajstić information content (AvgIpc) is 3.36. The Hall–Kier alpha value is -7.88. The third-order valence-electron chi connectivity index (χ3n) is 10.8. The van der Waals surface area contributed by atoms with Gasteiger partial charge in [0.05, 0.1) is 30.8 Å². The standard InChI is InChI=1S/C24H24N4O5.C24H26N4O3/c1-32-21-15-19(20(28(30)31)16-22(21)33-17-18-7-3-2-4-8-18)24(29)27-13-11-26(12-14-27)23-9-5-6-10-25-23;1-30-21-15-19(20(25)16-22(21)31-17-18-7-3-2-4-8-18)24(29)28-13-11-27(12-14-28)23-9-5-6-10-26-23/h2-10,15-16H,11-14,17H2,1H3;2-10,15-16H,11-14,17,25H2,1H3. The van der Waals surface area contributed by atoms with E-state index in [1.807, 2.05) is 102 Å². The van der Waals surface area contributed by atoms with Crippen molar-refractivity contribution in [1.29, 1.82) is 0 Å². The lowest BCUT2D eigenvalue weighted by Gasteiger charge is -2.35. The topological polar surface area (TPSA) is 179 Å². The molecule has 4 aromatic carbocycles. The van der Waals surface area contributed by atoms with E-state index in [2.05, 4.69) is 19.8 Å². The number of aromatic nitrogens is 2. The van der Waals surface area contributed by atoms with Crippen molar-refractivity contribution in [3.63, 3.8) is 0 Å². The number of hydrogen-bond donors (Lipinski definition) is 1. The van der Waals surface area contributed by atoms with Crippen molar-refractivity contribution < 1.29 is 33.5 Å². The predicted octanol–water partition coefficient (Wildman–Crippen LogP) is 6.75. The van der Waals surface area contributed by atoms with Crippen molar-refractivity contribution >= 4 is 34.8 Å². The number of nitrogen functional groups attached to an aromatic ring is 1. The van der Waals surface area contributed by atoms with Gasteiger partial charge in [0.25, 0.3) is 17.5 Å². The van der Waals surface area contributed by atoms with Crippen molar-refractivity contribution in [3.8, 4) is 23.0 Å². The van der Waals surface area contributed by atoms with Gasteiger partial charge in [0.15, 0.2) is 23.0 Å². The zero-order chi connectivity index (χ0) is 44.8. The summed E-state index contributed by atoms with van der Waals surface area (Å²) >= 11 is 0. The van der Waals surface area contributed by atoms with Crippen LogP contribution in [-0.2, 0) is 13.2 Å². The molecule has 0 saturated carbocycles. The first-order valence-corrected chi connectivity index (χ1v) is 20.8. The van der Waals surface area contributed by atoms with Gasteiger partial charge in [-0.2, -0.15) is 0 Å². The summed E-state index contributed by atoms with van der Waals surface area (Å²) in [5.41, 5.74) is 8.66. The fraction of sp³-hybridized carbons (Fsp3) is 0.250. The van der Waals surface area contributed by atoms with Crippen LogP contribution in [0.25, 0.3) is 0 Å². The molecule has 16 heteroatoms. The number of amides is 2. The highest BCUT2D eigenvalue weighted by Crippen LogP contribution is 2.37. The largest absolute Gasteiger partial charge is 0.493 e. The summed E-state index contributed by atoms with van der Waals surface area (Å²) in [5.74, 6) is 2.74. The number of ether oxygens (including phenoxy) is 4. The third-order valence-corrected chi connectivity index (χ3v) is 10.8. The Kier molecular flexibility index (Phi) is 14.7. The van der Waals surface area contributed by atoms with Crippen LogP contribution in [0.3, 0.4) is 0 Å². The first kappa shape index (κ1) is 44.2. The second kappa shape index (κ2) is 21.3. The molecule has 64 heavy (non-hydrogen) atoms. The summed E-state index contributed by atoms with van der Waals surface area (Å²) in [6.07, 6.45) is 3.51. The first-order valence-electron chi connectivity index (χ1n) is 20.8. The number of methoxy groups -OCH3 is 2. The second-order valence-corrected chi connectivity index (χ2v) is 14.9. The zero-order valence-electron chi connectivity index (χ0n) is 35.7.